The quantitative estimate of drug-likeness (QED) is 0.812. The van der Waals surface area contributed by atoms with Gasteiger partial charge in [-0.05, 0) is 17.4 Å². The van der Waals surface area contributed by atoms with Crippen molar-refractivity contribution < 1.29 is 14.7 Å². The zero-order valence-corrected chi connectivity index (χ0v) is 11.2. The number of hydrogen-bond acceptors (Lipinski definition) is 2. The predicted molar refractivity (Wildman–Crippen MR) is 71.0 cm³/mol. The van der Waals surface area contributed by atoms with Gasteiger partial charge in [0.05, 0.1) is 0 Å². The van der Waals surface area contributed by atoms with Gasteiger partial charge in [-0.1, -0.05) is 45.0 Å². The molecule has 3 heteroatoms. The van der Waals surface area contributed by atoms with Crippen LogP contribution in [0.15, 0.2) is 24.3 Å². The van der Waals surface area contributed by atoms with Gasteiger partial charge in [0.2, 0.25) is 0 Å². The van der Waals surface area contributed by atoms with Gasteiger partial charge < -0.3 is 5.11 Å². The zero-order chi connectivity index (χ0) is 13.8. The molecule has 98 valence electrons. The molecule has 3 nitrogen and oxygen atoms in total. The molecule has 1 aromatic rings. The van der Waals surface area contributed by atoms with Crippen molar-refractivity contribution in [3.63, 3.8) is 0 Å². The third-order valence-electron chi connectivity index (χ3n) is 2.87. The van der Waals surface area contributed by atoms with Crippen molar-refractivity contribution in [2.45, 2.75) is 45.4 Å². The summed E-state index contributed by atoms with van der Waals surface area (Å²) in [4.78, 5) is 22.2. The number of hydrogen-bond donors (Lipinski definition) is 1. The van der Waals surface area contributed by atoms with Gasteiger partial charge in [0.15, 0.2) is 5.78 Å². The van der Waals surface area contributed by atoms with Crippen LogP contribution in [0.1, 0.15) is 56.0 Å². The summed E-state index contributed by atoms with van der Waals surface area (Å²) in [7, 11) is 0. The second kappa shape index (κ2) is 5.80. The molecular formula is C15H20O3. The van der Waals surface area contributed by atoms with E-state index in [1.54, 1.807) is 0 Å². The molecule has 0 aliphatic heterocycles. The van der Waals surface area contributed by atoms with Crippen LogP contribution >= 0.6 is 0 Å². The molecule has 0 saturated heterocycles. The summed E-state index contributed by atoms with van der Waals surface area (Å²) in [5.74, 6) is -0.845. The highest BCUT2D eigenvalue weighted by atomic mass is 16.4. The number of Topliss-reactive ketones (excluding diaryl/α,β-unsaturated/α-hetero) is 1. The Morgan fingerprint density at radius 2 is 1.61 bits per heavy atom. The van der Waals surface area contributed by atoms with Crippen LogP contribution in [0, 0.1) is 0 Å². The van der Waals surface area contributed by atoms with E-state index in [0.29, 0.717) is 18.4 Å². The van der Waals surface area contributed by atoms with Crippen LogP contribution in [0.5, 0.6) is 0 Å². The zero-order valence-electron chi connectivity index (χ0n) is 11.2. The van der Waals surface area contributed by atoms with E-state index >= 15 is 0 Å². The first-order valence-electron chi connectivity index (χ1n) is 6.16. The number of rotatable bonds is 5. The second-order valence-electron chi connectivity index (χ2n) is 5.50. The molecular weight excluding hydrogens is 228 g/mol. The van der Waals surface area contributed by atoms with Gasteiger partial charge in [0.25, 0.3) is 0 Å². The number of carbonyl (C=O) groups excluding carboxylic acids is 1. The number of benzene rings is 1. The number of ketones is 1. The third-order valence-corrected chi connectivity index (χ3v) is 2.87. The monoisotopic (exact) mass is 248 g/mol. The lowest BCUT2D eigenvalue weighted by Crippen LogP contribution is -2.11. The summed E-state index contributed by atoms with van der Waals surface area (Å²) in [6.07, 6.45) is 0.738. The SMILES string of the molecule is CC(C)(C)c1ccc(C(=O)CCCC(=O)O)cc1. The van der Waals surface area contributed by atoms with Crippen LogP contribution in [-0.2, 0) is 10.2 Å². The lowest BCUT2D eigenvalue weighted by atomic mass is 9.86. The summed E-state index contributed by atoms with van der Waals surface area (Å²) < 4.78 is 0. The fourth-order valence-electron chi connectivity index (χ4n) is 1.70. The Morgan fingerprint density at radius 1 is 1.06 bits per heavy atom. The summed E-state index contributed by atoms with van der Waals surface area (Å²) in [6.45, 7) is 6.37. The minimum atomic E-state index is -0.856. The molecule has 0 unspecified atom stereocenters. The van der Waals surface area contributed by atoms with E-state index in [0.717, 1.165) is 0 Å². The average molecular weight is 248 g/mol. The van der Waals surface area contributed by atoms with E-state index in [1.165, 1.54) is 5.56 Å². The van der Waals surface area contributed by atoms with E-state index in [4.69, 9.17) is 5.11 Å². The molecule has 0 bridgehead atoms. The smallest absolute Gasteiger partial charge is 0.303 e. The molecule has 18 heavy (non-hydrogen) atoms. The fourth-order valence-corrected chi connectivity index (χ4v) is 1.70. The Hall–Kier alpha value is -1.64. The number of aliphatic carboxylic acids is 1. The molecule has 0 fully saturated rings. The maximum atomic E-state index is 11.8. The number of carboxylic acid groups (broad SMARTS) is 1. The van der Waals surface area contributed by atoms with Gasteiger partial charge in [-0.25, -0.2) is 0 Å². The average Bonchev–Trinajstić information content (AvgIpc) is 2.27. The molecule has 0 aliphatic carbocycles. The van der Waals surface area contributed by atoms with E-state index in [-0.39, 0.29) is 17.6 Å². The van der Waals surface area contributed by atoms with Gasteiger partial charge in [-0.15, -0.1) is 0 Å². The molecule has 0 heterocycles. The Labute approximate surface area is 108 Å². The van der Waals surface area contributed by atoms with Crippen molar-refractivity contribution in [3.8, 4) is 0 Å². The summed E-state index contributed by atoms with van der Waals surface area (Å²) >= 11 is 0. The van der Waals surface area contributed by atoms with E-state index < -0.39 is 5.97 Å². The highest BCUT2D eigenvalue weighted by Gasteiger charge is 2.14. The molecule has 0 spiro atoms. The minimum Gasteiger partial charge on any atom is -0.481 e. The topological polar surface area (TPSA) is 54.4 Å². The molecule has 1 aromatic carbocycles. The Bertz CT molecular complexity index is 424. The molecule has 1 rings (SSSR count). The lowest BCUT2D eigenvalue weighted by Gasteiger charge is -2.18. The molecule has 0 amide bonds. The van der Waals surface area contributed by atoms with E-state index in [9.17, 15) is 9.59 Å². The maximum Gasteiger partial charge on any atom is 0.303 e. The molecule has 1 N–H and O–H groups in total. The molecule has 0 saturated carbocycles. The highest BCUT2D eigenvalue weighted by Crippen LogP contribution is 2.22. The number of carboxylic acids is 1. The van der Waals surface area contributed by atoms with Gasteiger partial charge in [-0.3, -0.25) is 9.59 Å². The van der Waals surface area contributed by atoms with Crippen LogP contribution in [-0.4, -0.2) is 16.9 Å². The van der Waals surface area contributed by atoms with Crippen molar-refractivity contribution in [1.82, 2.24) is 0 Å². The van der Waals surface area contributed by atoms with Crippen LogP contribution in [0.2, 0.25) is 0 Å². The first-order chi connectivity index (χ1) is 8.30. The van der Waals surface area contributed by atoms with Gasteiger partial charge in [0, 0.05) is 18.4 Å². The normalized spacial score (nSPS) is 11.3. The minimum absolute atomic E-state index is 0.0108. The standard InChI is InChI=1S/C15H20O3/c1-15(2,3)12-9-7-11(8-10-12)13(16)5-4-6-14(17)18/h7-10H,4-6H2,1-3H3,(H,17,18). The third kappa shape index (κ3) is 4.32. The molecule has 0 aromatic heterocycles. The van der Waals surface area contributed by atoms with E-state index in [1.807, 2.05) is 24.3 Å². The Balaban J connectivity index is 2.62. The number of carbonyl (C=O) groups is 2. The van der Waals surface area contributed by atoms with Gasteiger partial charge in [-0.2, -0.15) is 0 Å². The van der Waals surface area contributed by atoms with Crippen molar-refractivity contribution in [2.75, 3.05) is 0 Å². The van der Waals surface area contributed by atoms with Crippen LogP contribution in [0.3, 0.4) is 0 Å². The maximum absolute atomic E-state index is 11.8. The fraction of sp³-hybridized carbons (Fsp3) is 0.467. The second-order valence-corrected chi connectivity index (χ2v) is 5.50. The first-order valence-corrected chi connectivity index (χ1v) is 6.16. The van der Waals surface area contributed by atoms with Crippen molar-refractivity contribution in [3.05, 3.63) is 35.4 Å². The van der Waals surface area contributed by atoms with Gasteiger partial charge in [0.1, 0.15) is 0 Å². The Kier molecular flexibility index (Phi) is 4.65. The lowest BCUT2D eigenvalue weighted by molar-refractivity contribution is -0.137. The summed E-state index contributed by atoms with van der Waals surface area (Å²) in [6, 6.07) is 7.57. The van der Waals surface area contributed by atoms with Crippen molar-refractivity contribution >= 4 is 11.8 Å². The van der Waals surface area contributed by atoms with Crippen LogP contribution < -0.4 is 0 Å². The molecule has 0 atom stereocenters. The molecule has 0 radical (unpaired) electrons. The largest absolute Gasteiger partial charge is 0.481 e. The molecule has 0 aliphatic rings. The highest BCUT2D eigenvalue weighted by molar-refractivity contribution is 5.96. The van der Waals surface area contributed by atoms with Crippen LogP contribution in [0.4, 0.5) is 0 Å². The van der Waals surface area contributed by atoms with E-state index in [2.05, 4.69) is 20.8 Å². The van der Waals surface area contributed by atoms with Crippen molar-refractivity contribution in [2.24, 2.45) is 0 Å². The predicted octanol–water partition coefficient (Wildman–Crippen LogP) is 3.42. The van der Waals surface area contributed by atoms with Crippen LogP contribution in [0.25, 0.3) is 0 Å². The van der Waals surface area contributed by atoms with Crippen molar-refractivity contribution in [1.29, 1.82) is 0 Å². The first kappa shape index (κ1) is 14.4. The van der Waals surface area contributed by atoms with Gasteiger partial charge >= 0.3 is 5.97 Å². The summed E-state index contributed by atoms with van der Waals surface area (Å²) in [5, 5.41) is 8.51. The summed E-state index contributed by atoms with van der Waals surface area (Å²) in [5.41, 5.74) is 1.92. The Morgan fingerprint density at radius 3 is 2.06 bits per heavy atom.